The van der Waals surface area contributed by atoms with Gasteiger partial charge in [-0.1, -0.05) is 12.1 Å². The Hall–Kier alpha value is -2.44. The van der Waals surface area contributed by atoms with Crippen LogP contribution in [-0.2, 0) is 20.8 Å². The van der Waals surface area contributed by atoms with Crippen molar-refractivity contribution in [2.24, 2.45) is 5.92 Å². The first-order chi connectivity index (χ1) is 11.4. The summed E-state index contributed by atoms with van der Waals surface area (Å²) >= 11 is 0. The fourth-order valence-corrected chi connectivity index (χ4v) is 2.78. The summed E-state index contributed by atoms with van der Waals surface area (Å²) in [4.78, 5) is 39.4. The highest BCUT2D eigenvalue weighted by Gasteiger charge is 2.30. The van der Waals surface area contributed by atoms with Crippen LogP contribution in [0.3, 0.4) is 0 Å². The molecule has 1 aromatic carbocycles. The van der Waals surface area contributed by atoms with Crippen LogP contribution in [-0.4, -0.2) is 60.7 Å². The van der Waals surface area contributed by atoms with Gasteiger partial charge in [-0.05, 0) is 17.7 Å². The predicted molar refractivity (Wildman–Crippen MR) is 86.5 cm³/mol. The van der Waals surface area contributed by atoms with Crippen LogP contribution in [0.1, 0.15) is 12.5 Å². The van der Waals surface area contributed by atoms with E-state index in [0.29, 0.717) is 25.2 Å². The van der Waals surface area contributed by atoms with Crippen molar-refractivity contribution in [3.05, 3.63) is 35.6 Å². The van der Waals surface area contributed by atoms with E-state index in [1.54, 1.807) is 21.9 Å². The van der Waals surface area contributed by atoms with E-state index in [0.717, 1.165) is 0 Å². The molecule has 3 amide bonds. The highest BCUT2D eigenvalue weighted by atomic mass is 19.1. The Balaban J connectivity index is 2.09. The molecule has 130 valence electrons. The summed E-state index contributed by atoms with van der Waals surface area (Å²) < 4.78 is 13.0. The van der Waals surface area contributed by atoms with Gasteiger partial charge < -0.3 is 15.1 Å². The first kappa shape index (κ1) is 17.9. The van der Waals surface area contributed by atoms with Gasteiger partial charge in [-0.25, -0.2) is 4.39 Å². The van der Waals surface area contributed by atoms with Gasteiger partial charge in [-0.3, -0.25) is 14.4 Å². The van der Waals surface area contributed by atoms with Crippen molar-refractivity contribution in [1.82, 2.24) is 15.1 Å². The molecule has 24 heavy (non-hydrogen) atoms. The minimum absolute atomic E-state index is 0.114. The number of halogens is 1. The van der Waals surface area contributed by atoms with Crippen molar-refractivity contribution < 1.29 is 18.8 Å². The number of carbonyl (C=O) groups is 3. The highest BCUT2D eigenvalue weighted by molar-refractivity contribution is 5.83. The summed E-state index contributed by atoms with van der Waals surface area (Å²) in [5, 5.41) is 2.58. The lowest BCUT2D eigenvalue weighted by molar-refractivity contribution is -0.132. The van der Waals surface area contributed by atoms with Crippen LogP contribution < -0.4 is 5.32 Å². The molecule has 1 aliphatic rings. The molecule has 7 heteroatoms. The number of benzene rings is 1. The first-order valence-electron chi connectivity index (χ1n) is 7.90. The van der Waals surface area contributed by atoms with E-state index >= 15 is 0 Å². The lowest BCUT2D eigenvalue weighted by Gasteiger charge is -2.23. The Morgan fingerprint density at radius 1 is 1.12 bits per heavy atom. The number of nitrogens with one attached hydrogen (secondary N) is 1. The van der Waals surface area contributed by atoms with E-state index in [2.05, 4.69) is 5.32 Å². The molecule has 0 radical (unpaired) electrons. The summed E-state index contributed by atoms with van der Waals surface area (Å²) in [7, 11) is 1.54. The lowest BCUT2D eigenvalue weighted by Crippen LogP contribution is -2.42. The SMILES string of the molecule is CNC(=O)[C@@H]1CN(C(C)=O)CCN(C(=O)Cc2ccc(F)cc2)C1. The number of hydrogen-bond acceptors (Lipinski definition) is 3. The molecule has 0 unspecified atom stereocenters. The zero-order valence-corrected chi connectivity index (χ0v) is 13.9. The third-order valence-corrected chi connectivity index (χ3v) is 4.21. The Kier molecular flexibility index (Phi) is 5.89. The maximum Gasteiger partial charge on any atom is 0.227 e. The van der Waals surface area contributed by atoms with Crippen molar-refractivity contribution in [3.8, 4) is 0 Å². The molecule has 0 aromatic heterocycles. The van der Waals surface area contributed by atoms with Gasteiger partial charge in [0.1, 0.15) is 5.82 Å². The number of amides is 3. The fraction of sp³-hybridized carbons (Fsp3) is 0.471. The van der Waals surface area contributed by atoms with Gasteiger partial charge in [0.2, 0.25) is 17.7 Å². The number of carbonyl (C=O) groups excluding carboxylic acids is 3. The molecule has 1 fully saturated rings. The second kappa shape index (κ2) is 7.90. The van der Waals surface area contributed by atoms with E-state index in [-0.39, 0.29) is 36.5 Å². The number of hydrogen-bond donors (Lipinski definition) is 1. The molecule has 0 saturated carbocycles. The normalized spacial score (nSPS) is 18.0. The molecule has 6 nitrogen and oxygen atoms in total. The molecular weight excluding hydrogens is 313 g/mol. The third-order valence-electron chi connectivity index (χ3n) is 4.21. The molecular formula is C17H22FN3O3. The summed E-state index contributed by atoms with van der Waals surface area (Å²) in [5.41, 5.74) is 0.713. The fourth-order valence-electron chi connectivity index (χ4n) is 2.78. The van der Waals surface area contributed by atoms with Gasteiger partial charge in [-0.15, -0.1) is 0 Å². The van der Waals surface area contributed by atoms with Crippen molar-refractivity contribution in [1.29, 1.82) is 0 Å². The zero-order chi connectivity index (χ0) is 17.7. The van der Waals surface area contributed by atoms with Crippen molar-refractivity contribution in [2.45, 2.75) is 13.3 Å². The van der Waals surface area contributed by atoms with E-state index in [1.165, 1.54) is 26.1 Å². The van der Waals surface area contributed by atoms with Crippen LogP contribution >= 0.6 is 0 Å². The zero-order valence-electron chi connectivity index (χ0n) is 13.9. The second-order valence-electron chi connectivity index (χ2n) is 5.92. The number of rotatable bonds is 3. The average molecular weight is 335 g/mol. The van der Waals surface area contributed by atoms with Gasteiger partial charge in [0.05, 0.1) is 12.3 Å². The molecule has 1 atom stereocenters. The summed E-state index contributed by atoms with van der Waals surface area (Å²) in [6.45, 7) is 2.81. The summed E-state index contributed by atoms with van der Waals surface area (Å²) in [6, 6.07) is 5.78. The maximum absolute atomic E-state index is 13.0. The number of nitrogens with zero attached hydrogens (tertiary/aromatic N) is 2. The second-order valence-corrected chi connectivity index (χ2v) is 5.92. The lowest BCUT2D eigenvalue weighted by atomic mass is 10.1. The minimum atomic E-state index is -0.460. The molecule has 0 bridgehead atoms. The maximum atomic E-state index is 13.0. The first-order valence-corrected chi connectivity index (χ1v) is 7.90. The standard InChI is InChI=1S/C17H22FN3O3/c1-12(22)20-7-8-21(11-14(10-20)17(24)19-2)16(23)9-13-3-5-15(18)6-4-13/h3-6,14H,7-11H2,1-2H3,(H,19,24)/t14-/m1/s1. The van der Waals surface area contributed by atoms with Crippen LogP contribution in [0.2, 0.25) is 0 Å². The Morgan fingerprint density at radius 3 is 2.29 bits per heavy atom. The molecule has 1 aromatic rings. The van der Waals surface area contributed by atoms with Gasteiger partial charge >= 0.3 is 0 Å². The van der Waals surface area contributed by atoms with Crippen molar-refractivity contribution >= 4 is 17.7 Å². The van der Waals surface area contributed by atoms with Crippen LogP contribution in [0.25, 0.3) is 0 Å². The smallest absolute Gasteiger partial charge is 0.227 e. The molecule has 1 aliphatic heterocycles. The van der Waals surface area contributed by atoms with E-state index in [9.17, 15) is 18.8 Å². The van der Waals surface area contributed by atoms with Crippen LogP contribution in [0, 0.1) is 11.7 Å². The molecule has 0 aliphatic carbocycles. The van der Waals surface area contributed by atoms with Crippen LogP contribution in [0.15, 0.2) is 24.3 Å². The minimum Gasteiger partial charge on any atom is -0.359 e. The van der Waals surface area contributed by atoms with Crippen LogP contribution in [0.5, 0.6) is 0 Å². The predicted octanol–water partition coefficient (Wildman–Crippen LogP) is 0.421. The molecule has 1 heterocycles. The third kappa shape index (κ3) is 4.53. The molecule has 2 rings (SSSR count). The van der Waals surface area contributed by atoms with Crippen molar-refractivity contribution in [3.63, 3.8) is 0 Å². The monoisotopic (exact) mass is 335 g/mol. The molecule has 0 spiro atoms. The molecule has 1 saturated heterocycles. The van der Waals surface area contributed by atoms with Crippen LogP contribution in [0.4, 0.5) is 4.39 Å². The topological polar surface area (TPSA) is 69.7 Å². The van der Waals surface area contributed by atoms with Gasteiger partial charge in [0.15, 0.2) is 0 Å². The summed E-state index contributed by atoms with van der Waals surface area (Å²) in [5.74, 6) is -1.25. The highest BCUT2D eigenvalue weighted by Crippen LogP contribution is 2.13. The average Bonchev–Trinajstić information content (AvgIpc) is 2.79. The van der Waals surface area contributed by atoms with Gasteiger partial charge in [-0.2, -0.15) is 0 Å². The van der Waals surface area contributed by atoms with Crippen molar-refractivity contribution in [2.75, 3.05) is 33.2 Å². The van der Waals surface area contributed by atoms with E-state index in [1.807, 2.05) is 0 Å². The van der Waals surface area contributed by atoms with Gasteiger partial charge in [0, 0.05) is 40.2 Å². The molecule has 1 N–H and O–H groups in total. The Morgan fingerprint density at radius 2 is 1.71 bits per heavy atom. The van der Waals surface area contributed by atoms with E-state index < -0.39 is 5.92 Å². The van der Waals surface area contributed by atoms with E-state index in [4.69, 9.17) is 0 Å². The Bertz CT molecular complexity index is 618. The quantitative estimate of drug-likeness (QED) is 0.870. The van der Waals surface area contributed by atoms with Gasteiger partial charge in [0.25, 0.3) is 0 Å². The Labute approximate surface area is 140 Å². The largest absolute Gasteiger partial charge is 0.359 e. The summed E-state index contributed by atoms with van der Waals surface area (Å²) in [6.07, 6.45) is 0.140.